The van der Waals surface area contributed by atoms with Crippen molar-refractivity contribution in [2.24, 2.45) is 0 Å². The molecule has 0 unspecified atom stereocenters. The fourth-order valence-corrected chi connectivity index (χ4v) is 1.81. The van der Waals surface area contributed by atoms with Gasteiger partial charge in [0.05, 0.1) is 0 Å². The van der Waals surface area contributed by atoms with E-state index in [9.17, 15) is 4.39 Å². The Morgan fingerprint density at radius 3 is 2.80 bits per heavy atom. The van der Waals surface area contributed by atoms with Gasteiger partial charge in [-0.15, -0.1) is 0 Å². The molecule has 0 fully saturated rings. The molecule has 2 aromatic rings. The minimum Gasteiger partial charge on any atom is -0.485 e. The number of hydrogen-bond acceptors (Lipinski definition) is 3. The van der Waals surface area contributed by atoms with Crippen molar-refractivity contribution in [2.75, 3.05) is 0 Å². The SMILES string of the molecule is CC(C)NCc1cccc(F)c1OCc1cccnc1. The van der Waals surface area contributed by atoms with Gasteiger partial charge < -0.3 is 10.1 Å². The first-order chi connectivity index (χ1) is 9.66. The van der Waals surface area contributed by atoms with Crippen molar-refractivity contribution in [3.8, 4) is 5.75 Å². The van der Waals surface area contributed by atoms with Crippen molar-refractivity contribution < 1.29 is 9.13 Å². The summed E-state index contributed by atoms with van der Waals surface area (Å²) >= 11 is 0. The Hall–Kier alpha value is -1.94. The number of para-hydroxylation sites is 1. The van der Waals surface area contributed by atoms with Crippen molar-refractivity contribution in [1.29, 1.82) is 0 Å². The van der Waals surface area contributed by atoms with Gasteiger partial charge in [0, 0.05) is 36.1 Å². The third-order valence-electron chi connectivity index (χ3n) is 2.86. The Morgan fingerprint density at radius 2 is 2.10 bits per heavy atom. The third kappa shape index (κ3) is 4.03. The minimum atomic E-state index is -0.336. The second-order valence-electron chi connectivity index (χ2n) is 4.91. The molecule has 106 valence electrons. The molecule has 0 bridgehead atoms. The molecule has 3 nitrogen and oxygen atoms in total. The lowest BCUT2D eigenvalue weighted by atomic mass is 10.2. The molecule has 1 aromatic heterocycles. The second kappa shape index (κ2) is 7.01. The van der Waals surface area contributed by atoms with E-state index in [1.165, 1.54) is 6.07 Å². The van der Waals surface area contributed by atoms with E-state index in [1.807, 2.05) is 18.2 Å². The van der Waals surface area contributed by atoms with Gasteiger partial charge in [0.15, 0.2) is 11.6 Å². The molecule has 0 spiro atoms. The van der Waals surface area contributed by atoms with Gasteiger partial charge >= 0.3 is 0 Å². The maximum atomic E-state index is 13.9. The van der Waals surface area contributed by atoms with Gasteiger partial charge in [-0.05, 0) is 12.1 Å². The topological polar surface area (TPSA) is 34.1 Å². The van der Waals surface area contributed by atoms with Crippen LogP contribution >= 0.6 is 0 Å². The summed E-state index contributed by atoms with van der Waals surface area (Å²) in [5, 5.41) is 3.27. The van der Waals surface area contributed by atoms with E-state index in [0.717, 1.165) is 11.1 Å². The molecule has 1 heterocycles. The number of benzene rings is 1. The Balaban J connectivity index is 2.09. The number of halogens is 1. The summed E-state index contributed by atoms with van der Waals surface area (Å²) in [6.45, 7) is 4.99. The fourth-order valence-electron chi connectivity index (χ4n) is 1.81. The lowest BCUT2D eigenvalue weighted by molar-refractivity contribution is 0.285. The summed E-state index contributed by atoms with van der Waals surface area (Å²) in [7, 11) is 0. The molecular weight excluding hydrogens is 255 g/mol. The van der Waals surface area contributed by atoms with Crippen LogP contribution in [0.15, 0.2) is 42.7 Å². The van der Waals surface area contributed by atoms with Crippen molar-refractivity contribution in [3.63, 3.8) is 0 Å². The monoisotopic (exact) mass is 274 g/mol. The first kappa shape index (κ1) is 14.5. The molecule has 0 aliphatic carbocycles. The molecular formula is C16H19FN2O. The predicted octanol–water partition coefficient (Wildman–Crippen LogP) is 3.30. The normalized spacial score (nSPS) is 10.8. The summed E-state index contributed by atoms with van der Waals surface area (Å²) in [5.74, 6) is -0.0264. The minimum absolute atomic E-state index is 0.309. The first-order valence-corrected chi connectivity index (χ1v) is 6.69. The maximum absolute atomic E-state index is 13.9. The van der Waals surface area contributed by atoms with Crippen LogP contribution in [0.25, 0.3) is 0 Å². The number of nitrogens with zero attached hydrogens (tertiary/aromatic N) is 1. The van der Waals surface area contributed by atoms with E-state index in [1.54, 1.807) is 18.5 Å². The lowest BCUT2D eigenvalue weighted by Gasteiger charge is -2.14. The number of nitrogens with one attached hydrogen (secondary N) is 1. The highest BCUT2D eigenvalue weighted by molar-refractivity contribution is 5.35. The summed E-state index contributed by atoms with van der Waals surface area (Å²) in [4.78, 5) is 4.02. The number of pyridine rings is 1. The fraction of sp³-hybridized carbons (Fsp3) is 0.312. The molecule has 20 heavy (non-hydrogen) atoms. The van der Waals surface area contributed by atoms with Crippen molar-refractivity contribution in [3.05, 3.63) is 59.7 Å². The van der Waals surface area contributed by atoms with Crippen molar-refractivity contribution >= 4 is 0 Å². The molecule has 1 aromatic carbocycles. The average molecular weight is 274 g/mol. The predicted molar refractivity (Wildman–Crippen MR) is 76.9 cm³/mol. The van der Waals surface area contributed by atoms with Gasteiger partial charge in [0.2, 0.25) is 0 Å². The molecule has 4 heteroatoms. The highest BCUT2D eigenvalue weighted by Crippen LogP contribution is 2.23. The van der Waals surface area contributed by atoms with E-state index in [0.29, 0.717) is 24.9 Å². The molecule has 0 saturated heterocycles. The van der Waals surface area contributed by atoms with Crippen LogP contribution < -0.4 is 10.1 Å². The standard InChI is InChI=1S/C16H19FN2O/c1-12(2)19-10-14-6-3-7-15(17)16(14)20-11-13-5-4-8-18-9-13/h3-9,12,19H,10-11H2,1-2H3. The lowest BCUT2D eigenvalue weighted by Crippen LogP contribution is -2.22. The molecule has 0 saturated carbocycles. The maximum Gasteiger partial charge on any atom is 0.165 e. The molecule has 0 aliphatic heterocycles. The zero-order valence-corrected chi connectivity index (χ0v) is 11.8. The zero-order valence-electron chi connectivity index (χ0n) is 11.8. The smallest absolute Gasteiger partial charge is 0.165 e. The van der Waals surface area contributed by atoms with Crippen LogP contribution in [0.1, 0.15) is 25.0 Å². The van der Waals surface area contributed by atoms with Crippen LogP contribution in [0.2, 0.25) is 0 Å². The number of hydrogen-bond donors (Lipinski definition) is 1. The number of ether oxygens (including phenoxy) is 1. The van der Waals surface area contributed by atoms with Crippen LogP contribution in [0.4, 0.5) is 4.39 Å². The van der Waals surface area contributed by atoms with E-state index < -0.39 is 0 Å². The highest BCUT2D eigenvalue weighted by Gasteiger charge is 2.10. The molecule has 0 radical (unpaired) electrons. The van der Waals surface area contributed by atoms with Crippen molar-refractivity contribution in [1.82, 2.24) is 10.3 Å². The Bertz CT molecular complexity index is 543. The quantitative estimate of drug-likeness (QED) is 0.877. The Labute approximate surface area is 118 Å². The Morgan fingerprint density at radius 1 is 1.25 bits per heavy atom. The van der Waals surface area contributed by atoms with Gasteiger partial charge in [-0.3, -0.25) is 4.98 Å². The molecule has 1 N–H and O–H groups in total. The van der Waals surface area contributed by atoms with Gasteiger partial charge in [-0.2, -0.15) is 0 Å². The number of aromatic nitrogens is 1. The van der Waals surface area contributed by atoms with E-state index in [-0.39, 0.29) is 5.82 Å². The van der Waals surface area contributed by atoms with Crippen LogP contribution in [-0.4, -0.2) is 11.0 Å². The van der Waals surface area contributed by atoms with Crippen molar-refractivity contribution in [2.45, 2.75) is 33.0 Å². The largest absolute Gasteiger partial charge is 0.485 e. The van der Waals surface area contributed by atoms with Gasteiger partial charge in [0.25, 0.3) is 0 Å². The zero-order chi connectivity index (χ0) is 14.4. The molecule has 0 atom stereocenters. The van der Waals surface area contributed by atoms with Gasteiger partial charge in [0.1, 0.15) is 6.61 Å². The second-order valence-corrected chi connectivity index (χ2v) is 4.91. The van der Waals surface area contributed by atoms with Gasteiger partial charge in [-0.1, -0.05) is 32.0 Å². The van der Waals surface area contributed by atoms with Crippen LogP contribution in [0.5, 0.6) is 5.75 Å². The van der Waals surface area contributed by atoms with E-state index in [4.69, 9.17) is 4.74 Å². The van der Waals surface area contributed by atoms with Crippen LogP contribution in [0, 0.1) is 5.82 Å². The third-order valence-corrected chi connectivity index (χ3v) is 2.86. The average Bonchev–Trinajstić information content (AvgIpc) is 2.45. The molecule has 2 rings (SSSR count). The summed E-state index contributed by atoms with van der Waals surface area (Å²) in [6, 6.07) is 9.06. The van der Waals surface area contributed by atoms with Crippen LogP contribution in [-0.2, 0) is 13.2 Å². The molecule has 0 aliphatic rings. The number of rotatable bonds is 6. The summed E-state index contributed by atoms with van der Waals surface area (Å²) in [5.41, 5.74) is 1.74. The highest BCUT2D eigenvalue weighted by atomic mass is 19.1. The van der Waals surface area contributed by atoms with Gasteiger partial charge in [-0.25, -0.2) is 4.39 Å². The summed E-state index contributed by atoms with van der Waals surface area (Å²) in [6.07, 6.45) is 3.41. The Kier molecular flexibility index (Phi) is 5.07. The summed E-state index contributed by atoms with van der Waals surface area (Å²) < 4.78 is 19.5. The molecule has 0 amide bonds. The van der Waals surface area contributed by atoms with Crippen LogP contribution in [0.3, 0.4) is 0 Å². The van der Waals surface area contributed by atoms with E-state index >= 15 is 0 Å². The first-order valence-electron chi connectivity index (χ1n) is 6.69. The van der Waals surface area contributed by atoms with E-state index in [2.05, 4.69) is 24.1 Å².